The van der Waals surface area contributed by atoms with Gasteiger partial charge in [-0.3, -0.25) is 42.3 Å². The summed E-state index contributed by atoms with van der Waals surface area (Å²) in [6.45, 7) is 0. The van der Waals surface area contributed by atoms with Crippen molar-refractivity contribution in [2.75, 3.05) is 0 Å². The first-order valence-electron chi connectivity index (χ1n) is 12.9. The van der Waals surface area contributed by atoms with E-state index in [1.54, 1.807) is 0 Å². The first kappa shape index (κ1) is 50.2. The summed E-state index contributed by atoms with van der Waals surface area (Å²) in [7, 11) is -32.5. The number of aliphatic hydroxyl groups is 3. The number of aromatic nitrogens is 3. The van der Waals surface area contributed by atoms with Crippen LogP contribution in [0.3, 0.4) is 0 Å². The first-order valence-corrected chi connectivity index (χ1v) is 22.6. The predicted octanol–water partition coefficient (Wildman–Crippen LogP) is -1.95. The van der Waals surface area contributed by atoms with Gasteiger partial charge in [0, 0.05) is 56.4 Å². The molecule has 0 bridgehead atoms. The summed E-state index contributed by atoms with van der Waals surface area (Å²) < 4.78 is 66.2. The van der Waals surface area contributed by atoms with Gasteiger partial charge in [0.2, 0.25) is 0 Å². The number of rotatable bonds is 12. The molecule has 3 aromatic heterocycles. The Morgan fingerprint density at radius 1 is 0.404 bits per heavy atom. The van der Waals surface area contributed by atoms with Gasteiger partial charge >= 0.3 is 45.6 Å². The summed E-state index contributed by atoms with van der Waals surface area (Å²) in [5, 5.41) is 18.5. The van der Waals surface area contributed by atoms with Crippen LogP contribution in [0.2, 0.25) is 0 Å². The highest BCUT2D eigenvalue weighted by atomic mass is 31.3. The zero-order chi connectivity index (χ0) is 40.0. The average molecular weight is 867 g/mol. The fraction of sp³-hybridized carbons (Fsp3) is 0.286. The topological polar surface area (TPSA) is 476 Å². The molecule has 0 saturated heterocycles. The zero-order valence-corrected chi connectivity index (χ0v) is 31.1. The van der Waals surface area contributed by atoms with Crippen molar-refractivity contribution in [2.24, 2.45) is 0 Å². The minimum Gasteiger partial charge on any atom is -0.412 e. The summed E-state index contributed by atoms with van der Waals surface area (Å²) in [6, 6.07) is 8.25. The normalized spacial score (nSPS) is 13.4. The number of nitrogens with zero attached hydrogens (tertiary/aromatic N) is 3. The van der Waals surface area contributed by atoms with Gasteiger partial charge in [0.15, 0.2) is 0 Å². The molecule has 52 heavy (non-hydrogen) atoms. The van der Waals surface area contributed by atoms with E-state index >= 15 is 0 Å². The Kier molecular flexibility index (Phi) is 17.6. The maximum atomic E-state index is 11.0. The summed E-state index contributed by atoms with van der Waals surface area (Å²) >= 11 is 0. The Labute approximate surface area is 292 Å². The van der Waals surface area contributed by atoms with Crippen LogP contribution in [0.15, 0.2) is 73.6 Å². The van der Waals surface area contributed by atoms with Crippen molar-refractivity contribution in [2.45, 2.75) is 34.5 Å². The molecule has 25 nitrogen and oxygen atoms in total. The standard InChI is InChI=1S/3C7H11NO7P2.H2O/c3*9-7(16(10,11)12,17(13,14)15)4-6-2-1-3-8-5-6;/h3*1-3,5,9H,4H2,(H2,10,11,12)(H2,13,14,15);1H2. The van der Waals surface area contributed by atoms with Gasteiger partial charge in [0.25, 0.3) is 15.2 Å². The molecule has 296 valence electrons. The van der Waals surface area contributed by atoms with Gasteiger partial charge in [-0.1, -0.05) is 18.2 Å². The number of pyridine rings is 3. The molecule has 3 heterocycles. The van der Waals surface area contributed by atoms with Crippen molar-refractivity contribution in [1.82, 2.24) is 15.0 Å². The minimum absolute atomic E-state index is 0. The summed E-state index contributed by atoms with van der Waals surface area (Å²) in [5.74, 6) is 0. The molecule has 17 N–H and O–H groups in total. The molecule has 31 heteroatoms. The van der Waals surface area contributed by atoms with Crippen LogP contribution in [0.4, 0.5) is 0 Å². The second-order valence-corrected chi connectivity index (χ2v) is 22.2. The molecular formula is C21H35N3O22P6. The number of hydrogen-bond donors (Lipinski definition) is 15. The molecule has 0 atom stereocenters. The lowest BCUT2D eigenvalue weighted by Crippen LogP contribution is -2.31. The molecule has 3 aromatic rings. The smallest absolute Gasteiger partial charge is 0.369 e. The van der Waals surface area contributed by atoms with Crippen LogP contribution in [0.25, 0.3) is 0 Å². The summed E-state index contributed by atoms with van der Waals surface area (Å²) in [6.07, 6.45) is 4.88. The Hall–Kier alpha value is -1.81. The van der Waals surface area contributed by atoms with Gasteiger partial charge in [0.05, 0.1) is 0 Å². The van der Waals surface area contributed by atoms with Crippen molar-refractivity contribution in [3.8, 4) is 0 Å². The van der Waals surface area contributed by atoms with Crippen molar-refractivity contribution in [3.05, 3.63) is 90.3 Å². The van der Waals surface area contributed by atoms with Crippen LogP contribution in [0.5, 0.6) is 0 Å². The van der Waals surface area contributed by atoms with Crippen LogP contribution in [-0.4, -0.2) is 110 Å². The van der Waals surface area contributed by atoms with Gasteiger partial charge in [0.1, 0.15) is 0 Å². The van der Waals surface area contributed by atoms with E-state index in [0.29, 0.717) is 0 Å². The maximum Gasteiger partial charge on any atom is 0.369 e. The Morgan fingerprint density at radius 2 is 0.577 bits per heavy atom. The molecule has 0 unspecified atom stereocenters. The first-order chi connectivity index (χ1) is 22.7. The molecular weight excluding hydrogens is 832 g/mol. The van der Waals surface area contributed by atoms with Crippen LogP contribution < -0.4 is 0 Å². The van der Waals surface area contributed by atoms with Crippen molar-refractivity contribution >= 4 is 45.6 Å². The largest absolute Gasteiger partial charge is 0.412 e. The predicted molar refractivity (Wildman–Crippen MR) is 175 cm³/mol. The lowest BCUT2D eigenvalue weighted by Gasteiger charge is -2.29. The van der Waals surface area contributed by atoms with Crippen molar-refractivity contribution in [3.63, 3.8) is 0 Å². The highest BCUT2D eigenvalue weighted by Crippen LogP contribution is 2.70. The van der Waals surface area contributed by atoms with Gasteiger partial charge in [-0.2, -0.15) is 0 Å². The molecule has 0 spiro atoms. The van der Waals surface area contributed by atoms with Gasteiger partial charge in [-0.05, 0) is 34.9 Å². The lowest BCUT2D eigenvalue weighted by atomic mass is 10.2. The SMILES string of the molecule is O.O=P(O)(O)C(O)(Cc1cccnc1)P(=O)(O)O.O=P(O)(O)C(O)(Cc1cccnc1)P(=O)(O)O.O=P(O)(O)C(O)(Cc1cccnc1)P(=O)(O)O. The highest BCUT2D eigenvalue weighted by molar-refractivity contribution is 7.73. The zero-order valence-electron chi connectivity index (χ0n) is 25.7. The molecule has 0 amide bonds. The van der Waals surface area contributed by atoms with Crippen molar-refractivity contribution in [1.29, 1.82) is 0 Å². The fourth-order valence-corrected chi connectivity index (χ4v) is 9.86. The van der Waals surface area contributed by atoms with E-state index in [2.05, 4.69) is 15.0 Å². The monoisotopic (exact) mass is 867 g/mol. The van der Waals surface area contributed by atoms with Gasteiger partial charge in [-0.15, -0.1) is 0 Å². The molecule has 3 rings (SSSR count). The summed E-state index contributed by atoms with van der Waals surface area (Å²) in [4.78, 5) is 117. The van der Waals surface area contributed by atoms with Crippen LogP contribution in [-0.2, 0) is 46.7 Å². The number of hydrogen-bond acceptors (Lipinski definition) is 12. The van der Waals surface area contributed by atoms with E-state index in [0.717, 1.165) is 18.6 Å². The Balaban J connectivity index is 0.000000743. The van der Waals surface area contributed by atoms with Gasteiger partial charge in [-0.25, -0.2) is 0 Å². The second kappa shape index (κ2) is 18.2. The third kappa shape index (κ3) is 12.9. The molecule has 0 aromatic carbocycles. The van der Waals surface area contributed by atoms with E-state index in [1.807, 2.05) is 0 Å². The molecule has 0 aliphatic heterocycles. The van der Waals surface area contributed by atoms with E-state index in [4.69, 9.17) is 58.7 Å². The Bertz CT molecular complexity index is 1590. The molecule has 0 radical (unpaired) electrons. The van der Waals surface area contributed by atoms with E-state index in [-0.39, 0.29) is 22.2 Å². The summed E-state index contributed by atoms with van der Waals surface area (Å²) in [5.41, 5.74) is 0.296. The maximum absolute atomic E-state index is 11.0. The highest BCUT2D eigenvalue weighted by Gasteiger charge is 2.61. The van der Waals surface area contributed by atoms with Crippen LogP contribution >= 0.6 is 45.6 Å². The van der Waals surface area contributed by atoms with E-state index < -0.39 is 80.1 Å². The second-order valence-electron chi connectivity index (χ2n) is 10.2. The minimum atomic E-state index is -5.41. The molecule has 0 aliphatic carbocycles. The lowest BCUT2D eigenvalue weighted by molar-refractivity contribution is 0.130. The van der Waals surface area contributed by atoms with Gasteiger partial charge < -0.3 is 79.5 Å². The average Bonchev–Trinajstić information content (AvgIpc) is 2.96. The molecule has 0 aliphatic rings. The van der Waals surface area contributed by atoms with Crippen molar-refractivity contribution < 1.29 is 107 Å². The Morgan fingerprint density at radius 3 is 0.692 bits per heavy atom. The molecule has 0 fully saturated rings. The van der Waals surface area contributed by atoms with Crippen LogP contribution in [0.1, 0.15) is 16.7 Å². The van der Waals surface area contributed by atoms with E-state index in [9.17, 15) is 42.7 Å². The van der Waals surface area contributed by atoms with E-state index in [1.165, 1.54) is 55.0 Å². The quantitative estimate of drug-likeness (QED) is 0.0880. The fourth-order valence-electron chi connectivity index (χ4n) is 3.46. The third-order valence-electron chi connectivity index (χ3n) is 6.29. The molecule has 0 saturated carbocycles. The third-order valence-corrected chi connectivity index (χ3v) is 17.5. The van der Waals surface area contributed by atoms with Crippen LogP contribution in [0, 0.1) is 0 Å².